The first-order valence-electron chi connectivity index (χ1n) is 11.9. The highest BCUT2D eigenvalue weighted by Crippen LogP contribution is 2.32. The topological polar surface area (TPSA) is 99.6 Å². The Hall–Kier alpha value is -3.11. The smallest absolute Gasteiger partial charge is 0.175 e. The first-order valence-corrected chi connectivity index (χ1v) is 15.0. The molecule has 2 aromatic heterocycles. The van der Waals surface area contributed by atoms with Crippen LogP contribution in [-0.2, 0) is 16.4 Å². The number of rotatable bonds is 10. The number of aryl methyl sites for hydroxylation is 2. The van der Waals surface area contributed by atoms with E-state index in [4.69, 9.17) is 26.5 Å². The van der Waals surface area contributed by atoms with Gasteiger partial charge in [-0.1, -0.05) is 41.0 Å². The number of aromatic nitrogens is 1. The van der Waals surface area contributed by atoms with Crippen LogP contribution < -0.4 is 0 Å². The Morgan fingerprint density at radius 3 is 2.58 bits per heavy atom. The van der Waals surface area contributed by atoms with Gasteiger partial charge in [0.05, 0.1) is 27.0 Å². The molecular weight excluding hydrogens is 540 g/mol. The molecule has 1 N–H and O–H groups in total. The molecule has 10 heteroatoms. The lowest BCUT2D eigenvalue weighted by atomic mass is 10.1. The normalized spacial score (nSPS) is 12.3. The Labute approximate surface area is 232 Å². The van der Waals surface area contributed by atoms with E-state index < -0.39 is 9.84 Å². The lowest BCUT2D eigenvalue weighted by Gasteiger charge is -2.17. The Kier molecular flexibility index (Phi) is 8.62. The van der Waals surface area contributed by atoms with Gasteiger partial charge < -0.3 is 9.93 Å². The van der Waals surface area contributed by atoms with Crippen LogP contribution in [0.2, 0.25) is 5.02 Å². The van der Waals surface area contributed by atoms with E-state index in [-0.39, 0.29) is 4.90 Å². The highest BCUT2D eigenvalue weighted by atomic mass is 35.5. The average molecular weight is 569 g/mol. The van der Waals surface area contributed by atoms with Crippen molar-refractivity contribution in [2.45, 2.75) is 31.7 Å². The molecule has 0 aliphatic rings. The standard InChI is InChI=1S/C28H29ClN4O3S2/c1-18-23(19(2)36-32-18)17-33(3)16-21(30)15-26(31-25-11-6-5-10-24(25)29)28-13-12-27(37-28)20-8-7-9-22(14-20)38(4,34)35/h5-14,30H,15-17H2,1-4H3. The Morgan fingerprint density at radius 2 is 1.89 bits per heavy atom. The van der Waals surface area contributed by atoms with E-state index in [0.29, 0.717) is 35.9 Å². The van der Waals surface area contributed by atoms with Crippen molar-refractivity contribution in [1.82, 2.24) is 10.1 Å². The molecule has 0 atom stereocenters. The van der Waals surface area contributed by atoms with Crippen molar-refractivity contribution in [3.8, 4) is 10.4 Å². The zero-order valence-electron chi connectivity index (χ0n) is 21.7. The molecule has 2 aromatic carbocycles. The van der Waals surface area contributed by atoms with E-state index >= 15 is 0 Å². The van der Waals surface area contributed by atoms with Crippen molar-refractivity contribution in [2.24, 2.45) is 4.99 Å². The number of thiophene rings is 1. The summed E-state index contributed by atoms with van der Waals surface area (Å²) in [5, 5.41) is 13.3. The van der Waals surface area contributed by atoms with Crippen molar-refractivity contribution < 1.29 is 12.9 Å². The van der Waals surface area contributed by atoms with Crippen LogP contribution in [0.25, 0.3) is 10.4 Å². The summed E-state index contributed by atoms with van der Waals surface area (Å²) in [5.41, 5.74) is 4.56. The minimum Gasteiger partial charge on any atom is -0.361 e. The number of sulfone groups is 1. The SMILES string of the molecule is Cc1noc(C)c1CN(C)CC(=N)CC(=Nc1ccccc1Cl)c1ccc(-c2cccc(S(C)(=O)=O)c2)s1. The molecule has 0 radical (unpaired) electrons. The number of nitrogens with one attached hydrogen (secondary N) is 1. The van der Waals surface area contributed by atoms with Crippen LogP contribution in [-0.4, -0.2) is 49.7 Å². The predicted octanol–water partition coefficient (Wildman–Crippen LogP) is 6.74. The number of aliphatic imine (C=N–C) groups is 1. The van der Waals surface area contributed by atoms with Gasteiger partial charge in [0.2, 0.25) is 0 Å². The molecule has 4 aromatic rings. The minimum absolute atomic E-state index is 0.276. The molecule has 0 saturated heterocycles. The van der Waals surface area contributed by atoms with Gasteiger partial charge in [0, 0.05) is 46.8 Å². The first-order chi connectivity index (χ1) is 18.0. The molecule has 0 amide bonds. The summed E-state index contributed by atoms with van der Waals surface area (Å²) in [7, 11) is -1.35. The van der Waals surface area contributed by atoms with E-state index in [1.54, 1.807) is 24.3 Å². The van der Waals surface area contributed by atoms with Crippen LogP contribution in [0.3, 0.4) is 0 Å². The quantitative estimate of drug-likeness (QED) is 0.214. The van der Waals surface area contributed by atoms with Gasteiger partial charge in [-0.05, 0) is 62.9 Å². The van der Waals surface area contributed by atoms with Gasteiger partial charge in [0.1, 0.15) is 5.76 Å². The predicted molar refractivity (Wildman–Crippen MR) is 155 cm³/mol. The van der Waals surface area contributed by atoms with Crippen LogP contribution >= 0.6 is 22.9 Å². The molecule has 0 aliphatic carbocycles. The van der Waals surface area contributed by atoms with E-state index in [1.165, 1.54) is 17.6 Å². The van der Waals surface area contributed by atoms with Crippen molar-refractivity contribution in [2.75, 3.05) is 19.8 Å². The summed E-state index contributed by atoms with van der Waals surface area (Å²) in [6.45, 7) is 4.88. The zero-order chi connectivity index (χ0) is 27.4. The van der Waals surface area contributed by atoms with Gasteiger partial charge in [-0.25, -0.2) is 8.42 Å². The summed E-state index contributed by atoms with van der Waals surface area (Å²) in [6, 6.07) is 18.2. The van der Waals surface area contributed by atoms with Crippen LogP contribution in [0, 0.1) is 19.3 Å². The highest BCUT2D eigenvalue weighted by Gasteiger charge is 2.17. The molecule has 0 fully saturated rings. The van der Waals surface area contributed by atoms with Crippen molar-refractivity contribution in [1.29, 1.82) is 5.41 Å². The second-order valence-electron chi connectivity index (χ2n) is 9.23. The molecule has 38 heavy (non-hydrogen) atoms. The van der Waals surface area contributed by atoms with Gasteiger partial charge in [-0.15, -0.1) is 11.3 Å². The molecule has 0 aliphatic heterocycles. The van der Waals surface area contributed by atoms with Crippen LogP contribution in [0.15, 0.2) is 75.1 Å². The second kappa shape index (κ2) is 11.7. The molecule has 0 saturated carbocycles. The summed E-state index contributed by atoms with van der Waals surface area (Å²) < 4.78 is 29.4. The number of hydrogen-bond acceptors (Lipinski definition) is 8. The third-order valence-electron chi connectivity index (χ3n) is 6.00. The van der Waals surface area contributed by atoms with E-state index in [2.05, 4.69) is 10.1 Å². The largest absolute Gasteiger partial charge is 0.361 e. The van der Waals surface area contributed by atoms with Gasteiger partial charge in [-0.2, -0.15) is 0 Å². The van der Waals surface area contributed by atoms with Gasteiger partial charge >= 0.3 is 0 Å². The van der Waals surface area contributed by atoms with Gasteiger partial charge in [0.15, 0.2) is 9.84 Å². The number of benzene rings is 2. The van der Waals surface area contributed by atoms with Crippen molar-refractivity contribution >= 4 is 49.9 Å². The monoisotopic (exact) mass is 568 g/mol. The van der Waals surface area contributed by atoms with Crippen LogP contribution in [0.4, 0.5) is 5.69 Å². The Balaban J connectivity index is 1.60. The minimum atomic E-state index is -3.32. The average Bonchev–Trinajstić information content (AvgIpc) is 3.47. The molecular formula is C28H29ClN4O3S2. The van der Waals surface area contributed by atoms with Gasteiger partial charge in [0.25, 0.3) is 0 Å². The van der Waals surface area contributed by atoms with Crippen molar-refractivity contribution in [3.05, 3.63) is 87.6 Å². The maximum Gasteiger partial charge on any atom is 0.175 e. The number of para-hydroxylation sites is 1. The summed E-state index contributed by atoms with van der Waals surface area (Å²) >= 11 is 7.92. The Morgan fingerprint density at radius 1 is 1.13 bits per heavy atom. The fourth-order valence-corrected chi connectivity index (χ4v) is 5.87. The van der Waals surface area contributed by atoms with E-state index in [0.717, 1.165) is 38.0 Å². The number of halogens is 1. The fourth-order valence-electron chi connectivity index (χ4n) is 4.03. The molecule has 2 heterocycles. The lowest BCUT2D eigenvalue weighted by molar-refractivity contribution is 0.362. The van der Waals surface area contributed by atoms with Gasteiger partial charge in [-0.3, -0.25) is 9.89 Å². The molecule has 0 spiro atoms. The van der Waals surface area contributed by atoms with Crippen LogP contribution in [0.1, 0.15) is 28.3 Å². The summed E-state index contributed by atoms with van der Waals surface area (Å²) in [4.78, 5) is 9.00. The lowest BCUT2D eigenvalue weighted by Crippen LogP contribution is -2.27. The number of hydrogen-bond donors (Lipinski definition) is 1. The Bertz CT molecular complexity index is 1590. The molecule has 0 unspecified atom stereocenters. The van der Waals surface area contributed by atoms with Crippen molar-refractivity contribution in [3.63, 3.8) is 0 Å². The third kappa shape index (κ3) is 6.85. The highest BCUT2D eigenvalue weighted by molar-refractivity contribution is 7.90. The summed E-state index contributed by atoms with van der Waals surface area (Å²) in [6.07, 6.45) is 1.54. The van der Waals surface area contributed by atoms with Crippen LogP contribution in [0.5, 0.6) is 0 Å². The maximum atomic E-state index is 12.0. The third-order valence-corrected chi connectivity index (χ3v) is 8.61. The van der Waals surface area contributed by atoms with E-state index in [1.807, 2.05) is 57.3 Å². The molecule has 198 valence electrons. The molecule has 4 rings (SSSR count). The second-order valence-corrected chi connectivity index (χ2v) is 12.7. The number of nitrogens with zero attached hydrogens (tertiary/aromatic N) is 3. The maximum absolute atomic E-state index is 12.0. The zero-order valence-corrected chi connectivity index (χ0v) is 24.0. The van der Waals surface area contributed by atoms with E-state index in [9.17, 15) is 8.42 Å². The fraction of sp³-hybridized carbons (Fsp3) is 0.250. The first kappa shape index (κ1) is 27.9. The molecule has 0 bridgehead atoms. The summed E-state index contributed by atoms with van der Waals surface area (Å²) in [5.74, 6) is 0.785. The molecule has 7 nitrogen and oxygen atoms in total.